The van der Waals surface area contributed by atoms with E-state index in [1.807, 2.05) is 0 Å². The van der Waals surface area contributed by atoms with Crippen LogP contribution < -0.4 is 18.9 Å². The third-order valence-corrected chi connectivity index (χ3v) is 3.63. The molecule has 0 heterocycles. The van der Waals surface area contributed by atoms with Gasteiger partial charge < -0.3 is 24.1 Å². The van der Waals surface area contributed by atoms with Crippen molar-refractivity contribution in [1.82, 2.24) is 0 Å². The van der Waals surface area contributed by atoms with Crippen LogP contribution in [0.1, 0.15) is 26.3 Å². The van der Waals surface area contributed by atoms with E-state index in [1.54, 1.807) is 0 Å². The molecule has 0 aliphatic carbocycles. The highest BCUT2D eigenvalue weighted by atomic mass is 16.5. The molecule has 0 bridgehead atoms. The monoisotopic (exact) mass is 346 g/mol. The van der Waals surface area contributed by atoms with Crippen molar-refractivity contribution in [2.75, 3.05) is 28.4 Å². The van der Waals surface area contributed by atoms with E-state index >= 15 is 0 Å². The van der Waals surface area contributed by atoms with Crippen LogP contribution in [0.25, 0.3) is 0 Å². The van der Waals surface area contributed by atoms with E-state index in [0.717, 1.165) is 0 Å². The van der Waals surface area contributed by atoms with Crippen molar-refractivity contribution in [1.29, 1.82) is 0 Å². The fourth-order valence-corrected chi connectivity index (χ4v) is 2.39. The highest BCUT2D eigenvalue weighted by Crippen LogP contribution is 2.39. The molecule has 1 N–H and O–H groups in total. The number of aromatic carboxylic acids is 1. The van der Waals surface area contributed by atoms with Gasteiger partial charge in [-0.2, -0.15) is 0 Å². The topological polar surface area (TPSA) is 91.3 Å². The quantitative estimate of drug-likeness (QED) is 0.771. The van der Waals surface area contributed by atoms with Gasteiger partial charge in [0.2, 0.25) is 5.75 Å². The summed E-state index contributed by atoms with van der Waals surface area (Å²) in [6.07, 6.45) is 0. The molecule has 0 aliphatic heterocycles. The van der Waals surface area contributed by atoms with Crippen LogP contribution in [0.4, 0.5) is 0 Å². The van der Waals surface area contributed by atoms with Gasteiger partial charge in [-0.1, -0.05) is 0 Å². The van der Waals surface area contributed by atoms with E-state index in [1.165, 1.54) is 58.8 Å². The van der Waals surface area contributed by atoms with Crippen molar-refractivity contribution >= 4 is 11.8 Å². The lowest BCUT2D eigenvalue weighted by molar-refractivity contribution is 0.0692. The van der Waals surface area contributed by atoms with Gasteiger partial charge in [-0.15, -0.1) is 0 Å². The molecule has 0 spiro atoms. The summed E-state index contributed by atoms with van der Waals surface area (Å²) in [5, 5.41) is 9.35. The molecule has 2 rings (SSSR count). The maximum atomic E-state index is 12.9. The number of carbonyl (C=O) groups is 2. The number of rotatable bonds is 7. The Balaban J connectivity index is 2.63. The number of carboxylic acids is 1. The zero-order valence-corrected chi connectivity index (χ0v) is 14.3. The predicted octanol–water partition coefficient (Wildman–Crippen LogP) is 2.65. The standard InChI is InChI=1S/C18H18O7/c1-22-11-5-6-12(18(20)21)13(9-11)16(19)10-7-14(23-2)17(25-4)15(8-10)24-3/h5-9H,1-4H3,(H,20,21). The largest absolute Gasteiger partial charge is 0.497 e. The molecular weight excluding hydrogens is 328 g/mol. The summed E-state index contributed by atoms with van der Waals surface area (Å²) < 4.78 is 20.8. The predicted molar refractivity (Wildman–Crippen MR) is 89.5 cm³/mol. The number of carboxylic acid groups (broad SMARTS) is 1. The van der Waals surface area contributed by atoms with Gasteiger partial charge in [0.05, 0.1) is 34.0 Å². The molecule has 25 heavy (non-hydrogen) atoms. The van der Waals surface area contributed by atoms with Crippen LogP contribution in [-0.4, -0.2) is 45.3 Å². The van der Waals surface area contributed by atoms with Gasteiger partial charge in [0, 0.05) is 11.1 Å². The maximum absolute atomic E-state index is 12.9. The Bertz CT molecular complexity index is 786. The summed E-state index contributed by atoms with van der Waals surface area (Å²) in [4.78, 5) is 24.3. The van der Waals surface area contributed by atoms with Crippen LogP contribution >= 0.6 is 0 Å². The second-order valence-corrected chi connectivity index (χ2v) is 4.96. The molecule has 7 heteroatoms. The minimum Gasteiger partial charge on any atom is -0.497 e. The van der Waals surface area contributed by atoms with Crippen LogP contribution in [0.15, 0.2) is 30.3 Å². The lowest BCUT2D eigenvalue weighted by atomic mass is 9.97. The number of hydrogen-bond acceptors (Lipinski definition) is 6. The minimum atomic E-state index is -1.21. The van der Waals surface area contributed by atoms with Crippen molar-refractivity contribution in [3.05, 3.63) is 47.0 Å². The van der Waals surface area contributed by atoms with Gasteiger partial charge in [0.1, 0.15) is 5.75 Å². The summed E-state index contributed by atoms with van der Waals surface area (Å²) in [5.74, 6) is -0.407. The Morgan fingerprint density at radius 2 is 1.40 bits per heavy atom. The van der Waals surface area contributed by atoms with Gasteiger partial charge in [-0.05, 0) is 30.3 Å². The molecule has 0 aliphatic rings. The zero-order chi connectivity index (χ0) is 18.6. The minimum absolute atomic E-state index is 0.00104. The zero-order valence-electron chi connectivity index (χ0n) is 14.3. The molecule has 2 aromatic carbocycles. The number of ether oxygens (including phenoxy) is 4. The lowest BCUT2D eigenvalue weighted by Crippen LogP contribution is -2.11. The van der Waals surface area contributed by atoms with E-state index in [-0.39, 0.29) is 16.7 Å². The van der Waals surface area contributed by atoms with E-state index in [0.29, 0.717) is 23.0 Å². The summed E-state index contributed by atoms with van der Waals surface area (Å²) >= 11 is 0. The first-order valence-corrected chi connectivity index (χ1v) is 7.22. The first-order chi connectivity index (χ1) is 12.0. The second kappa shape index (κ2) is 7.57. The summed E-state index contributed by atoms with van der Waals surface area (Å²) in [7, 11) is 5.75. The van der Waals surface area contributed by atoms with E-state index in [9.17, 15) is 14.7 Å². The molecule has 0 unspecified atom stereocenters. The molecule has 0 amide bonds. The van der Waals surface area contributed by atoms with Gasteiger partial charge >= 0.3 is 5.97 Å². The summed E-state index contributed by atoms with van der Waals surface area (Å²) in [6, 6.07) is 7.13. The molecular formula is C18H18O7. The Labute approximate surface area is 144 Å². The fraction of sp³-hybridized carbons (Fsp3) is 0.222. The molecule has 7 nitrogen and oxygen atoms in total. The van der Waals surface area contributed by atoms with Crippen LogP contribution in [0.5, 0.6) is 23.0 Å². The molecule has 0 saturated heterocycles. The van der Waals surface area contributed by atoms with Gasteiger partial charge in [-0.25, -0.2) is 4.79 Å². The number of ketones is 1. The molecule has 0 atom stereocenters. The van der Waals surface area contributed by atoms with E-state index in [4.69, 9.17) is 18.9 Å². The van der Waals surface area contributed by atoms with Gasteiger partial charge in [-0.3, -0.25) is 4.79 Å². The van der Waals surface area contributed by atoms with E-state index in [2.05, 4.69) is 0 Å². The average Bonchev–Trinajstić information content (AvgIpc) is 2.65. The third kappa shape index (κ3) is 3.50. The van der Waals surface area contributed by atoms with Crippen LogP contribution in [0, 0.1) is 0 Å². The molecule has 0 radical (unpaired) electrons. The highest BCUT2D eigenvalue weighted by Gasteiger charge is 2.22. The summed E-state index contributed by atoms with van der Waals surface area (Å²) in [6.45, 7) is 0. The van der Waals surface area contributed by atoms with Crippen molar-refractivity contribution < 1.29 is 33.6 Å². The van der Waals surface area contributed by atoms with Crippen molar-refractivity contribution in [2.45, 2.75) is 0 Å². The Morgan fingerprint density at radius 1 is 0.800 bits per heavy atom. The van der Waals surface area contributed by atoms with Crippen molar-refractivity contribution in [3.8, 4) is 23.0 Å². The first-order valence-electron chi connectivity index (χ1n) is 7.22. The van der Waals surface area contributed by atoms with Gasteiger partial charge in [0.25, 0.3) is 0 Å². The second-order valence-electron chi connectivity index (χ2n) is 4.96. The van der Waals surface area contributed by atoms with Gasteiger partial charge in [0.15, 0.2) is 17.3 Å². The van der Waals surface area contributed by atoms with Crippen molar-refractivity contribution in [3.63, 3.8) is 0 Å². The smallest absolute Gasteiger partial charge is 0.336 e. The normalized spacial score (nSPS) is 10.1. The average molecular weight is 346 g/mol. The molecule has 0 saturated carbocycles. The number of benzene rings is 2. The fourth-order valence-electron chi connectivity index (χ4n) is 2.39. The number of methoxy groups -OCH3 is 4. The first kappa shape index (κ1) is 18.1. The number of carbonyl (C=O) groups excluding carboxylic acids is 1. The van der Waals surface area contributed by atoms with E-state index < -0.39 is 11.8 Å². The van der Waals surface area contributed by atoms with Crippen LogP contribution in [0.2, 0.25) is 0 Å². The Hall–Kier alpha value is -3.22. The van der Waals surface area contributed by atoms with Crippen molar-refractivity contribution in [2.24, 2.45) is 0 Å². The summed E-state index contributed by atoms with van der Waals surface area (Å²) in [5.41, 5.74) is 0.0749. The SMILES string of the molecule is COc1ccc(C(=O)O)c(C(=O)c2cc(OC)c(OC)c(OC)c2)c1. The Morgan fingerprint density at radius 3 is 1.84 bits per heavy atom. The number of hydrogen-bond donors (Lipinski definition) is 1. The molecule has 2 aromatic rings. The lowest BCUT2D eigenvalue weighted by Gasteiger charge is -2.14. The maximum Gasteiger partial charge on any atom is 0.336 e. The molecule has 132 valence electrons. The third-order valence-electron chi connectivity index (χ3n) is 3.63. The van der Waals surface area contributed by atoms with Crippen LogP contribution in [0.3, 0.4) is 0 Å². The highest BCUT2D eigenvalue weighted by molar-refractivity contribution is 6.15. The molecule has 0 aromatic heterocycles. The Kier molecular flexibility index (Phi) is 5.49. The van der Waals surface area contributed by atoms with Crippen LogP contribution in [-0.2, 0) is 0 Å². The molecule has 0 fully saturated rings.